The number of hydrogen-bond donors (Lipinski definition) is 3. The van der Waals surface area contributed by atoms with Gasteiger partial charge in [0.15, 0.2) is 5.82 Å². The molecule has 3 heterocycles. The molecule has 7 rings (SSSR count). The lowest BCUT2D eigenvalue weighted by Gasteiger charge is -2.34. The van der Waals surface area contributed by atoms with Crippen molar-refractivity contribution in [1.82, 2.24) is 29.9 Å². The Labute approximate surface area is 327 Å². The van der Waals surface area contributed by atoms with E-state index in [-0.39, 0.29) is 58.5 Å². The summed E-state index contributed by atoms with van der Waals surface area (Å²) in [6.45, 7) is 3.69. The normalized spacial score (nSPS) is 17.4. The van der Waals surface area contributed by atoms with Gasteiger partial charge in [0.05, 0.1) is 27.7 Å². The van der Waals surface area contributed by atoms with E-state index in [2.05, 4.69) is 32.7 Å². The zero-order chi connectivity index (χ0) is 41.1. The summed E-state index contributed by atoms with van der Waals surface area (Å²) in [5.41, 5.74) is -1.70. The lowest BCUT2D eigenvalue weighted by atomic mass is 9.73. The second-order valence-electron chi connectivity index (χ2n) is 14.8. The van der Waals surface area contributed by atoms with Crippen LogP contribution < -0.4 is 10.6 Å². The highest BCUT2D eigenvalue weighted by molar-refractivity contribution is 6.37. The van der Waals surface area contributed by atoms with Crippen LogP contribution in [0.3, 0.4) is 0 Å². The summed E-state index contributed by atoms with van der Waals surface area (Å²) in [7, 11) is 1.62. The highest BCUT2D eigenvalue weighted by atomic mass is 35.5. The predicted octanol–water partition coefficient (Wildman–Crippen LogP) is 7.87. The van der Waals surface area contributed by atoms with Crippen molar-refractivity contribution in [1.29, 1.82) is 0 Å². The number of aromatic nitrogens is 5. The topological polar surface area (TPSA) is 127 Å². The molecule has 0 aliphatic heterocycles. The quantitative estimate of drug-likeness (QED) is 0.0974. The average Bonchev–Trinajstić information content (AvgIpc) is 3.68. The van der Waals surface area contributed by atoms with Gasteiger partial charge in [-0.05, 0) is 80.8 Å². The van der Waals surface area contributed by atoms with E-state index in [1.807, 2.05) is 0 Å². The molecule has 2 aliphatic carbocycles. The molecule has 2 amide bonds. The first-order valence-electron chi connectivity index (χ1n) is 18.1. The van der Waals surface area contributed by atoms with Gasteiger partial charge in [-0.25, -0.2) is 22.5 Å². The summed E-state index contributed by atoms with van der Waals surface area (Å²) in [4.78, 5) is 31.2. The van der Waals surface area contributed by atoms with Gasteiger partial charge in [-0.15, -0.1) is 0 Å². The van der Waals surface area contributed by atoms with Gasteiger partial charge in [0, 0.05) is 42.1 Å². The van der Waals surface area contributed by atoms with Gasteiger partial charge < -0.3 is 15.7 Å². The molecule has 0 radical (unpaired) electrons. The van der Waals surface area contributed by atoms with Gasteiger partial charge in [0.1, 0.15) is 40.9 Å². The van der Waals surface area contributed by atoms with Crippen molar-refractivity contribution in [2.75, 3.05) is 5.32 Å². The van der Waals surface area contributed by atoms with Crippen molar-refractivity contribution in [3.05, 3.63) is 93.0 Å². The Balaban J connectivity index is 1.38. The molecule has 10 nitrogen and oxygen atoms in total. The number of halogens is 7. The Kier molecular flexibility index (Phi) is 10.4. The summed E-state index contributed by atoms with van der Waals surface area (Å²) < 4.78 is 90.9. The molecular formula is C40H36ClF6N7O3. The van der Waals surface area contributed by atoms with Crippen LogP contribution in [0.5, 0.6) is 0 Å². The van der Waals surface area contributed by atoms with Crippen LogP contribution in [0.2, 0.25) is 5.02 Å². The van der Waals surface area contributed by atoms with Crippen LogP contribution in [0.25, 0.3) is 22.0 Å². The maximum Gasteiger partial charge on any atom is 0.293 e. The number of pyridine rings is 1. The number of fused-ring (bicyclic) bond motifs is 4. The molecule has 0 saturated heterocycles. The number of benzene rings is 2. The molecule has 3 aromatic heterocycles. The first-order chi connectivity index (χ1) is 26.9. The van der Waals surface area contributed by atoms with Gasteiger partial charge in [-0.3, -0.25) is 19.0 Å². The molecule has 3 atom stereocenters. The number of carbonyl (C=O) groups is 2. The summed E-state index contributed by atoms with van der Waals surface area (Å²) in [6, 6.07) is 7.88. The van der Waals surface area contributed by atoms with Gasteiger partial charge in [0.2, 0.25) is 11.8 Å². The molecule has 5 aromatic rings. The van der Waals surface area contributed by atoms with Crippen LogP contribution in [-0.4, -0.2) is 47.1 Å². The van der Waals surface area contributed by atoms with Crippen molar-refractivity contribution in [3.63, 3.8) is 0 Å². The molecule has 57 heavy (non-hydrogen) atoms. The van der Waals surface area contributed by atoms with Crippen molar-refractivity contribution in [2.45, 2.75) is 82.9 Å². The predicted molar refractivity (Wildman–Crippen MR) is 199 cm³/mol. The number of anilines is 1. The van der Waals surface area contributed by atoms with Crippen molar-refractivity contribution >= 4 is 40.1 Å². The minimum absolute atomic E-state index is 0.0768. The van der Waals surface area contributed by atoms with E-state index in [1.165, 1.54) is 18.5 Å². The molecule has 2 aliphatic rings. The van der Waals surface area contributed by atoms with Gasteiger partial charge in [-0.2, -0.15) is 19.0 Å². The number of alkyl halides is 4. The Morgan fingerprint density at radius 2 is 1.74 bits per heavy atom. The van der Waals surface area contributed by atoms with Crippen molar-refractivity contribution in [2.24, 2.45) is 13.0 Å². The monoisotopic (exact) mass is 811 g/mol. The molecule has 298 valence electrons. The van der Waals surface area contributed by atoms with E-state index in [4.69, 9.17) is 16.6 Å². The molecule has 0 spiro atoms. The molecule has 1 fully saturated rings. The number of hydrogen-bond acceptors (Lipinski definition) is 6. The number of nitrogens with zero attached hydrogens (tertiary/aromatic N) is 5. The molecule has 0 unspecified atom stereocenters. The van der Waals surface area contributed by atoms with E-state index in [9.17, 15) is 32.3 Å². The molecular weight excluding hydrogens is 776 g/mol. The number of aryl methyl sites for hydroxylation is 1. The third-order valence-electron chi connectivity index (χ3n) is 10.2. The maximum absolute atomic E-state index is 15.6. The summed E-state index contributed by atoms with van der Waals surface area (Å²) >= 11 is 6.66. The Bertz CT molecular complexity index is 2480. The van der Waals surface area contributed by atoms with Gasteiger partial charge >= 0.3 is 0 Å². The summed E-state index contributed by atoms with van der Waals surface area (Å²) in [6.07, 6.45) is -2.88. The smallest absolute Gasteiger partial charge is 0.293 e. The zero-order valence-corrected chi connectivity index (χ0v) is 31.8. The Morgan fingerprint density at radius 1 is 1.04 bits per heavy atom. The van der Waals surface area contributed by atoms with E-state index in [0.717, 1.165) is 12.1 Å². The lowest BCUT2D eigenvalue weighted by molar-refractivity contribution is -0.123. The number of carbonyl (C=O) groups excluding carboxylic acids is 2. The lowest BCUT2D eigenvalue weighted by Crippen LogP contribution is -2.36. The van der Waals surface area contributed by atoms with Gasteiger partial charge in [0.25, 0.3) is 12.3 Å². The standard InChI is InChI=1S/C40H36ClF6N7O3/c1-5-29(55)50-38-32-27(41)11-9-24(35(32)53(4)52-38)23-7-6-22(12-13-39(2,3)57)48-33(23)28(16-19-14-20(42)17-21(43)15-19)49-30(56)18-54-36-31(34(51-54)37(44)45)25-8-10-26(25)40(36,46)47/h6-7,9,11,14-15,17,25-26,28,37,57H,5,8,10,16,18H2,1-4H3,(H,49,56)(H,50,52,55)/t25-,26+,28-/m0/s1. The van der Waals surface area contributed by atoms with E-state index in [0.29, 0.717) is 39.2 Å². The number of nitrogens with one attached hydrogen (secondary N) is 2. The van der Waals surface area contributed by atoms with Crippen molar-refractivity contribution < 1.29 is 41.0 Å². The third-order valence-corrected chi connectivity index (χ3v) is 10.5. The number of aliphatic hydroxyl groups is 1. The minimum Gasteiger partial charge on any atom is -0.378 e. The largest absolute Gasteiger partial charge is 0.378 e. The van der Waals surface area contributed by atoms with E-state index in [1.54, 1.807) is 38.2 Å². The fourth-order valence-corrected chi connectivity index (χ4v) is 7.90. The second kappa shape index (κ2) is 14.8. The Hall–Kier alpha value is -5.40. The zero-order valence-electron chi connectivity index (χ0n) is 31.0. The average molecular weight is 812 g/mol. The number of amides is 2. The minimum atomic E-state index is -3.50. The molecule has 0 bridgehead atoms. The highest BCUT2D eigenvalue weighted by Gasteiger charge is 2.62. The van der Waals surface area contributed by atoms with Crippen LogP contribution >= 0.6 is 11.6 Å². The summed E-state index contributed by atoms with van der Waals surface area (Å²) in [5.74, 6) is -2.93. The van der Waals surface area contributed by atoms with E-state index < -0.39 is 71.3 Å². The van der Waals surface area contributed by atoms with Crippen LogP contribution in [-0.2, 0) is 35.5 Å². The second-order valence-corrected chi connectivity index (χ2v) is 15.2. The fourth-order valence-electron chi connectivity index (χ4n) is 7.66. The third kappa shape index (κ3) is 7.58. The molecule has 3 N–H and O–H groups in total. The van der Waals surface area contributed by atoms with Crippen LogP contribution in [0, 0.1) is 29.4 Å². The van der Waals surface area contributed by atoms with Crippen molar-refractivity contribution in [3.8, 4) is 23.0 Å². The first-order valence-corrected chi connectivity index (χ1v) is 18.5. The fraction of sp³-hybridized carbons (Fsp3) is 0.375. The molecule has 17 heteroatoms. The maximum atomic E-state index is 15.6. The highest BCUT2D eigenvalue weighted by Crippen LogP contribution is 2.63. The van der Waals surface area contributed by atoms with Crippen LogP contribution in [0.15, 0.2) is 42.5 Å². The summed E-state index contributed by atoms with van der Waals surface area (Å²) in [5, 5.41) is 24.7. The Morgan fingerprint density at radius 3 is 2.37 bits per heavy atom. The van der Waals surface area contributed by atoms with Gasteiger partial charge in [-0.1, -0.05) is 30.5 Å². The number of rotatable bonds is 10. The first kappa shape index (κ1) is 39.8. The molecule has 1 saturated carbocycles. The van der Waals surface area contributed by atoms with Crippen LogP contribution in [0.1, 0.15) is 92.3 Å². The SMILES string of the molecule is CCC(=O)Nc1nn(C)c2c(-c3ccc(C#CC(C)(C)O)nc3[C@H](Cc3cc(F)cc(F)c3)NC(=O)Cn3nc(C(F)F)c4c3C(F)(F)[C@@H]3CC[C@H]43)ccc(Cl)c12. The van der Waals surface area contributed by atoms with E-state index >= 15 is 8.78 Å². The van der Waals surface area contributed by atoms with Crippen LogP contribution in [0.4, 0.5) is 32.2 Å². The molecule has 2 aromatic carbocycles.